The van der Waals surface area contributed by atoms with E-state index < -0.39 is 17.8 Å². The first-order chi connectivity index (χ1) is 10.8. The van der Waals surface area contributed by atoms with Crippen molar-refractivity contribution >= 4 is 53.1 Å². The maximum Gasteiger partial charge on any atom is 0.139 e. The lowest BCUT2D eigenvalue weighted by Gasteiger charge is -2.23. The molecule has 0 bridgehead atoms. The SMILES string of the molecule is Cl.N=C(N)c1ccc(NC(C(=O)[O-])c2cc(Cl)cc(Cl)c2O)cc1. The second kappa shape index (κ2) is 8.10. The summed E-state index contributed by atoms with van der Waals surface area (Å²) in [7, 11) is 0. The number of nitrogen functional groups attached to an aromatic ring is 1. The Balaban J connectivity index is 0.00000288. The molecule has 5 N–H and O–H groups in total. The zero-order chi connectivity index (χ0) is 17.1. The minimum Gasteiger partial charge on any atom is -0.548 e. The summed E-state index contributed by atoms with van der Waals surface area (Å²) >= 11 is 11.7. The fourth-order valence-electron chi connectivity index (χ4n) is 1.98. The van der Waals surface area contributed by atoms with Gasteiger partial charge in [0, 0.05) is 21.8 Å². The molecule has 2 aromatic carbocycles. The maximum atomic E-state index is 11.4. The van der Waals surface area contributed by atoms with E-state index in [1.807, 2.05) is 0 Å². The number of nitrogens with one attached hydrogen (secondary N) is 2. The molecule has 0 aromatic heterocycles. The summed E-state index contributed by atoms with van der Waals surface area (Å²) in [5.74, 6) is -1.96. The fraction of sp³-hybridized carbons (Fsp3) is 0.0667. The molecule has 0 aliphatic rings. The average molecular weight is 390 g/mol. The zero-order valence-electron chi connectivity index (χ0n) is 12.0. The van der Waals surface area contributed by atoms with Crippen LogP contribution in [-0.2, 0) is 4.79 Å². The molecule has 24 heavy (non-hydrogen) atoms. The number of amidine groups is 1. The van der Waals surface area contributed by atoms with Crippen molar-refractivity contribution in [2.75, 3.05) is 5.32 Å². The number of aromatic hydroxyl groups is 1. The Morgan fingerprint density at radius 2 is 1.83 bits per heavy atom. The molecule has 0 saturated heterocycles. The van der Waals surface area contributed by atoms with Crippen molar-refractivity contribution in [3.05, 3.63) is 57.6 Å². The third-order valence-electron chi connectivity index (χ3n) is 3.11. The summed E-state index contributed by atoms with van der Waals surface area (Å²) in [6.07, 6.45) is 0. The lowest BCUT2D eigenvalue weighted by Crippen LogP contribution is -2.34. The van der Waals surface area contributed by atoms with Crippen molar-refractivity contribution in [3.63, 3.8) is 0 Å². The van der Waals surface area contributed by atoms with Gasteiger partial charge in [-0.1, -0.05) is 23.2 Å². The minimum atomic E-state index is -1.46. The van der Waals surface area contributed by atoms with Gasteiger partial charge in [0.25, 0.3) is 0 Å². The lowest BCUT2D eigenvalue weighted by molar-refractivity contribution is -0.307. The van der Waals surface area contributed by atoms with E-state index >= 15 is 0 Å². The largest absolute Gasteiger partial charge is 0.548 e. The van der Waals surface area contributed by atoms with Gasteiger partial charge in [-0.3, -0.25) is 5.41 Å². The molecular formula is C15H13Cl3N3O3-. The van der Waals surface area contributed by atoms with Gasteiger partial charge in [0.15, 0.2) is 0 Å². The van der Waals surface area contributed by atoms with Gasteiger partial charge in [-0.2, -0.15) is 0 Å². The standard InChI is InChI=1S/C15H13Cl2N3O3.ClH/c16-8-5-10(13(21)11(17)6-8)12(15(22)23)20-9-3-1-7(2-4-9)14(18)19;/h1-6,12,20-21H,(H3,18,19)(H,22,23);1H/p-1. The Hall–Kier alpha value is -2.15. The molecule has 0 radical (unpaired) electrons. The van der Waals surface area contributed by atoms with Crippen molar-refractivity contribution in [2.45, 2.75) is 6.04 Å². The minimum absolute atomic E-state index is 0. The molecule has 0 amide bonds. The summed E-state index contributed by atoms with van der Waals surface area (Å²) < 4.78 is 0. The quantitative estimate of drug-likeness (QED) is 0.462. The van der Waals surface area contributed by atoms with Gasteiger partial charge in [0.2, 0.25) is 0 Å². The highest BCUT2D eigenvalue weighted by Crippen LogP contribution is 2.36. The molecule has 0 fully saturated rings. The van der Waals surface area contributed by atoms with Crippen LogP contribution in [0.1, 0.15) is 17.2 Å². The van der Waals surface area contributed by atoms with Gasteiger partial charge in [-0.15, -0.1) is 12.4 Å². The molecule has 2 aromatic rings. The zero-order valence-corrected chi connectivity index (χ0v) is 14.4. The number of phenols is 1. The first-order valence-corrected chi connectivity index (χ1v) is 7.15. The van der Waals surface area contributed by atoms with Crippen LogP contribution in [0.2, 0.25) is 10.0 Å². The molecule has 0 heterocycles. The summed E-state index contributed by atoms with van der Waals surface area (Å²) in [5.41, 5.74) is 6.26. The predicted octanol–water partition coefficient (Wildman–Crippen LogP) is 2.31. The van der Waals surface area contributed by atoms with Crippen LogP contribution in [-0.4, -0.2) is 16.9 Å². The summed E-state index contributed by atoms with van der Waals surface area (Å²) in [6.45, 7) is 0. The number of carboxylic acids is 1. The fourth-order valence-corrected chi connectivity index (χ4v) is 2.49. The molecule has 9 heteroatoms. The smallest absolute Gasteiger partial charge is 0.139 e. The van der Waals surface area contributed by atoms with Crippen molar-refractivity contribution in [3.8, 4) is 5.75 Å². The van der Waals surface area contributed by atoms with E-state index in [1.165, 1.54) is 12.1 Å². The molecular weight excluding hydrogens is 377 g/mol. The van der Waals surface area contributed by atoms with Gasteiger partial charge < -0.3 is 26.1 Å². The third kappa shape index (κ3) is 4.44. The second-order valence-corrected chi connectivity index (χ2v) is 5.56. The number of carbonyl (C=O) groups is 1. The van der Waals surface area contributed by atoms with Crippen molar-refractivity contribution in [2.24, 2.45) is 5.73 Å². The van der Waals surface area contributed by atoms with E-state index in [9.17, 15) is 15.0 Å². The van der Waals surface area contributed by atoms with Gasteiger partial charge >= 0.3 is 0 Å². The first kappa shape index (κ1) is 19.9. The Kier molecular flexibility index (Phi) is 6.71. The topological polar surface area (TPSA) is 122 Å². The molecule has 0 aliphatic carbocycles. The summed E-state index contributed by atoms with van der Waals surface area (Å²) in [4.78, 5) is 11.4. The highest BCUT2D eigenvalue weighted by Gasteiger charge is 2.19. The summed E-state index contributed by atoms with van der Waals surface area (Å²) in [6, 6.07) is 7.44. The predicted molar refractivity (Wildman–Crippen MR) is 94.2 cm³/mol. The number of anilines is 1. The molecule has 2 rings (SSSR count). The molecule has 128 valence electrons. The van der Waals surface area contributed by atoms with Crippen LogP contribution in [0, 0.1) is 5.41 Å². The molecule has 0 aliphatic heterocycles. The number of carbonyl (C=O) groups excluding carboxylic acids is 1. The molecule has 6 nitrogen and oxygen atoms in total. The number of hydrogen-bond donors (Lipinski definition) is 4. The van der Waals surface area contributed by atoms with E-state index in [2.05, 4.69) is 5.32 Å². The molecule has 0 saturated carbocycles. The number of halogens is 3. The van der Waals surface area contributed by atoms with Gasteiger partial charge in [-0.05, 0) is 36.4 Å². The number of aliphatic carboxylic acids is 1. The van der Waals surface area contributed by atoms with Crippen LogP contribution in [0.5, 0.6) is 5.75 Å². The van der Waals surface area contributed by atoms with E-state index in [4.69, 9.17) is 34.3 Å². The Labute approximate surface area is 154 Å². The number of hydrogen-bond acceptors (Lipinski definition) is 5. The van der Waals surface area contributed by atoms with Gasteiger partial charge in [0.1, 0.15) is 11.6 Å². The number of carboxylic acid groups (broad SMARTS) is 1. The van der Waals surface area contributed by atoms with Crippen LogP contribution in [0.4, 0.5) is 5.69 Å². The Bertz CT molecular complexity index is 767. The average Bonchev–Trinajstić information content (AvgIpc) is 2.49. The lowest BCUT2D eigenvalue weighted by atomic mass is 10.0. The van der Waals surface area contributed by atoms with Crippen molar-refractivity contribution < 1.29 is 15.0 Å². The molecule has 0 spiro atoms. The van der Waals surface area contributed by atoms with Crippen LogP contribution in [0.15, 0.2) is 36.4 Å². The van der Waals surface area contributed by atoms with Crippen molar-refractivity contribution in [1.82, 2.24) is 0 Å². The van der Waals surface area contributed by atoms with E-state index in [-0.39, 0.29) is 33.9 Å². The van der Waals surface area contributed by atoms with Crippen LogP contribution in [0.25, 0.3) is 0 Å². The third-order valence-corrected chi connectivity index (χ3v) is 3.62. The first-order valence-electron chi connectivity index (χ1n) is 6.39. The van der Waals surface area contributed by atoms with E-state index in [0.29, 0.717) is 11.3 Å². The second-order valence-electron chi connectivity index (χ2n) is 4.71. The number of rotatable bonds is 5. The Morgan fingerprint density at radius 3 is 2.33 bits per heavy atom. The highest BCUT2D eigenvalue weighted by atomic mass is 35.5. The van der Waals surface area contributed by atoms with Gasteiger partial charge in [-0.25, -0.2) is 0 Å². The van der Waals surface area contributed by atoms with Crippen LogP contribution in [0.3, 0.4) is 0 Å². The number of nitrogens with two attached hydrogens (primary N) is 1. The number of benzene rings is 2. The monoisotopic (exact) mass is 388 g/mol. The van der Waals surface area contributed by atoms with E-state index in [0.717, 1.165) is 0 Å². The summed E-state index contributed by atoms with van der Waals surface area (Å²) in [5, 5.41) is 31.5. The van der Waals surface area contributed by atoms with Crippen LogP contribution >= 0.6 is 35.6 Å². The van der Waals surface area contributed by atoms with E-state index in [1.54, 1.807) is 24.3 Å². The molecule has 1 atom stereocenters. The maximum absolute atomic E-state index is 11.4. The Morgan fingerprint density at radius 1 is 1.25 bits per heavy atom. The molecule has 1 unspecified atom stereocenters. The van der Waals surface area contributed by atoms with Crippen LogP contribution < -0.4 is 16.2 Å². The number of phenolic OH excluding ortho intramolecular Hbond substituents is 1. The van der Waals surface area contributed by atoms with Gasteiger partial charge in [0.05, 0.1) is 17.0 Å². The van der Waals surface area contributed by atoms with Crippen molar-refractivity contribution in [1.29, 1.82) is 5.41 Å². The normalized spacial score (nSPS) is 11.2. The highest BCUT2D eigenvalue weighted by molar-refractivity contribution is 6.35.